The molecule has 31 heavy (non-hydrogen) atoms. The Kier molecular flexibility index (Phi) is 6.85. The molecule has 2 heterocycles. The first-order valence-electron chi connectivity index (χ1n) is 11.0. The van der Waals surface area contributed by atoms with Crippen LogP contribution >= 0.6 is 11.8 Å². The minimum atomic E-state index is -0.319. The Morgan fingerprint density at radius 2 is 2.00 bits per heavy atom. The summed E-state index contributed by atoms with van der Waals surface area (Å²) >= 11 is 1.68. The molecule has 0 spiro atoms. The highest BCUT2D eigenvalue weighted by molar-refractivity contribution is 7.99. The lowest BCUT2D eigenvalue weighted by atomic mass is 9.85. The van der Waals surface area contributed by atoms with E-state index in [-0.39, 0.29) is 11.8 Å². The van der Waals surface area contributed by atoms with Gasteiger partial charge in [0.15, 0.2) is 17.3 Å². The van der Waals surface area contributed by atoms with Crippen molar-refractivity contribution < 1.29 is 14.3 Å². The Morgan fingerprint density at radius 1 is 1.16 bits per heavy atom. The molecule has 1 aliphatic carbocycles. The van der Waals surface area contributed by atoms with Gasteiger partial charge >= 0.3 is 0 Å². The second-order valence-corrected chi connectivity index (χ2v) is 8.94. The highest BCUT2D eigenvalue weighted by Crippen LogP contribution is 2.42. The van der Waals surface area contributed by atoms with E-state index in [2.05, 4.69) is 12.2 Å². The SMILES string of the molecule is CCCCCCSc1nc2n(n1)[C@@H](c1ccc(OC)c(OC)c1)C1=C(CCCC1=O)N2. The average Bonchev–Trinajstić information content (AvgIpc) is 3.19. The average molecular weight is 443 g/mol. The van der Waals surface area contributed by atoms with Crippen LogP contribution in [0.3, 0.4) is 0 Å². The fourth-order valence-electron chi connectivity index (χ4n) is 4.22. The van der Waals surface area contributed by atoms with E-state index in [9.17, 15) is 4.79 Å². The summed E-state index contributed by atoms with van der Waals surface area (Å²) in [6.07, 6.45) is 7.14. The van der Waals surface area contributed by atoms with Crippen LogP contribution in [0.2, 0.25) is 0 Å². The van der Waals surface area contributed by atoms with E-state index in [4.69, 9.17) is 19.6 Å². The molecule has 0 bridgehead atoms. The van der Waals surface area contributed by atoms with Crippen molar-refractivity contribution >= 4 is 23.5 Å². The van der Waals surface area contributed by atoms with Gasteiger partial charge in [0.1, 0.15) is 6.04 Å². The number of Topliss-reactive ketones (excluding diaryl/α,β-unsaturated/α-hetero) is 1. The highest BCUT2D eigenvalue weighted by Gasteiger charge is 2.37. The maximum Gasteiger partial charge on any atom is 0.227 e. The van der Waals surface area contributed by atoms with Crippen LogP contribution in [0.5, 0.6) is 11.5 Å². The Bertz CT molecular complexity index is 985. The zero-order valence-electron chi connectivity index (χ0n) is 18.4. The summed E-state index contributed by atoms with van der Waals surface area (Å²) in [5.41, 5.74) is 2.69. The van der Waals surface area contributed by atoms with Crippen molar-refractivity contribution in [3.63, 3.8) is 0 Å². The first-order chi connectivity index (χ1) is 15.2. The predicted molar refractivity (Wildman–Crippen MR) is 122 cm³/mol. The summed E-state index contributed by atoms with van der Waals surface area (Å²) in [6, 6.07) is 5.47. The number of carbonyl (C=O) groups is 1. The Balaban J connectivity index is 1.68. The molecule has 1 aliphatic heterocycles. The van der Waals surface area contributed by atoms with E-state index < -0.39 is 0 Å². The van der Waals surface area contributed by atoms with Gasteiger partial charge in [0.25, 0.3) is 0 Å². The molecular weight excluding hydrogens is 412 g/mol. The molecule has 7 nitrogen and oxygen atoms in total. The van der Waals surface area contributed by atoms with Crippen molar-refractivity contribution in [3.05, 3.63) is 35.0 Å². The summed E-state index contributed by atoms with van der Waals surface area (Å²) in [5.74, 6) is 3.16. The van der Waals surface area contributed by atoms with Crippen molar-refractivity contribution in [3.8, 4) is 11.5 Å². The molecule has 1 atom stereocenters. The number of nitrogens with one attached hydrogen (secondary N) is 1. The third kappa shape index (κ3) is 4.44. The van der Waals surface area contributed by atoms with E-state index in [1.165, 1.54) is 19.3 Å². The fraction of sp³-hybridized carbons (Fsp3) is 0.522. The monoisotopic (exact) mass is 442 g/mol. The van der Waals surface area contributed by atoms with E-state index in [1.807, 2.05) is 22.9 Å². The molecule has 0 saturated carbocycles. The number of hydrogen-bond acceptors (Lipinski definition) is 7. The number of benzene rings is 1. The number of unbranched alkanes of at least 4 members (excludes halogenated alkanes) is 3. The number of rotatable bonds is 9. The van der Waals surface area contributed by atoms with Crippen molar-refractivity contribution in [2.24, 2.45) is 0 Å². The van der Waals surface area contributed by atoms with Gasteiger partial charge in [0, 0.05) is 23.4 Å². The number of hydrogen-bond donors (Lipinski definition) is 1. The van der Waals surface area contributed by atoms with Gasteiger partial charge in [-0.3, -0.25) is 4.79 Å². The normalized spacial score (nSPS) is 17.8. The third-order valence-corrected chi connectivity index (χ3v) is 6.72. The zero-order chi connectivity index (χ0) is 21.8. The number of ether oxygens (including phenoxy) is 2. The summed E-state index contributed by atoms with van der Waals surface area (Å²) in [7, 11) is 3.24. The van der Waals surface area contributed by atoms with Crippen LogP contribution in [0.4, 0.5) is 5.95 Å². The number of carbonyl (C=O) groups excluding carboxylic acids is 1. The maximum absolute atomic E-state index is 13.0. The summed E-state index contributed by atoms with van der Waals surface area (Å²) in [4.78, 5) is 17.7. The smallest absolute Gasteiger partial charge is 0.227 e. The molecular formula is C23H30N4O3S. The predicted octanol–water partition coefficient (Wildman–Crippen LogP) is 4.99. The fourth-order valence-corrected chi connectivity index (χ4v) is 5.05. The topological polar surface area (TPSA) is 78.3 Å². The molecule has 2 aliphatic rings. The standard InChI is InChI=1S/C23H30N4O3S/c1-4-5-6-7-13-31-23-25-22-24-16-9-8-10-17(28)20(16)21(27(22)26-23)15-11-12-18(29-2)19(14-15)30-3/h11-12,14,21H,4-10,13H2,1-3H3,(H,24,25,26)/t21-/m0/s1. The van der Waals surface area contributed by atoms with E-state index in [0.29, 0.717) is 23.9 Å². The van der Waals surface area contributed by atoms with Crippen LogP contribution in [-0.4, -0.2) is 40.5 Å². The van der Waals surface area contributed by atoms with Crippen molar-refractivity contribution in [2.45, 2.75) is 63.1 Å². The van der Waals surface area contributed by atoms with Crippen LogP contribution in [0.1, 0.15) is 63.5 Å². The summed E-state index contributed by atoms with van der Waals surface area (Å²) in [6.45, 7) is 2.22. The third-order valence-electron chi connectivity index (χ3n) is 5.80. The molecule has 8 heteroatoms. The van der Waals surface area contributed by atoms with Crippen molar-refractivity contribution in [1.82, 2.24) is 14.8 Å². The molecule has 4 rings (SSSR count). The van der Waals surface area contributed by atoms with Gasteiger partial charge in [-0.15, -0.1) is 5.10 Å². The number of methoxy groups -OCH3 is 2. The van der Waals surface area contributed by atoms with Crippen molar-refractivity contribution in [2.75, 3.05) is 25.3 Å². The van der Waals surface area contributed by atoms with Crippen LogP contribution in [0.25, 0.3) is 0 Å². The number of ketones is 1. The second-order valence-electron chi connectivity index (χ2n) is 7.88. The molecule has 0 unspecified atom stereocenters. The molecule has 0 saturated heterocycles. The first kappa shape index (κ1) is 21.7. The first-order valence-corrected chi connectivity index (χ1v) is 12.0. The molecule has 1 aromatic heterocycles. The van der Waals surface area contributed by atoms with Gasteiger partial charge in [-0.25, -0.2) is 4.68 Å². The van der Waals surface area contributed by atoms with Crippen molar-refractivity contribution in [1.29, 1.82) is 0 Å². The Labute approximate surface area is 187 Å². The molecule has 0 fully saturated rings. The van der Waals surface area contributed by atoms with Gasteiger partial charge in [0.05, 0.1) is 14.2 Å². The second kappa shape index (κ2) is 9.77. The van der Waals surface area contributed by atoms with E-state index in [1.54, 1.807) is 26.0 Å². The molecule has 1 N–H and O–H groups in total. The van der Waals surface area contributed by atoms with Crippen LogP contribution in [0.15, 0.2) is 34.6 Å². The summed E-state index contributed by atoms with van der Waals surface area (Å²) < 4.78 is 12.8. The van der Waals surface area contributed by atoms with Crippen LogP contribution < -0.4 is 14.8 Å². The molecule has 166 valence electrons. The largest absolute Gasteiger partial charge is 0.493 e. The number of fused-ring (bicyclic) bond motifs is 1. The van der Waals surface area contributed by atoms with E-state index in [0.717, 1.165) is 47.0 Å². The zero-order valence-corrected chi connectivity index (χ0v) is 19.3. The molecule has 2 aromatic rings. The molecule has 0 radical (unpaired) electrons. The minimum absolute atomic E-state index is 0.170. The lowest BCUT2D eigenvalue weighted by molar-refractivity contribution is -0.116. The van der Waals surface area contributed by atoms with E-state index >= 15 is 0 Å². The molecule has 1 aromatic carbocycles. The van der Waals surface area contributed by atoms with Gasteiger partial charge in [-0.2, -0.15) is 4.98 Å². The number of thioether (sulfide) groups is 1. The highest BCUT2D eigenvalue weighted by atomic mass is 32.2. The Hall–Kier alpha value is -2.48. The lowest BCUT2D eigenvalue weighted by Crippen LogP contribution is -2.31. The van der Waals surface area contributed by atoms with Crippen LogP contribution in [-0.2, 0) is 4.79 Å². The summed E-state index contributed by atoms with van der Waals surface area (Å²) in [5, 5.41) is 8.93. The minimum Gasteiger partial charge on any atom is -0.493 e. The van der Waals surface area contributed by atoms with Gasteiger partial charge in [-0.05, 0) is 37.0 Å². The van der Waals surface area contributed by atoms with Gasteiger partial charge in [-0.1, -0.05) is 44.0 Å². The van der Waals surface area contributed by atoms with Crippen LogP contribution in [0, 0.1) is 0 Å². The molecule has 0 amide bonds. The number of nitrogens with zero attached hydrogens (tertiary/aromatic N) is 3. The number of allylic oxidation sites excluding steroid dienone is 2. The lowest BCUT2D eigenvalue weighted by Gasteiger charge is -2.32. The number of anilines is 1. The van der Waals surface area contributed by atoms with Gasteiger partial charge < -0.3 is 14.8 Å². The quantitative estimate of drug-likeness (QED) is 0.433. The van der Waals surface area contributed by atoms with Gasteiger partial charge in [0.2, 0.25) is 11.1 Å². The Morgan fingerprint density at radius 3 is 2.77 bits per heavy atom. The number of aromatic nitrogens is 3. The maximum atomic E-state index is 13.0.